The van der Waals surface area contributed by atoms with E-state index in [9.17, 15) is 22.4 Å². The Morgan fingerprint density at radius 2 is 1.81 bits per heavy atom. The summed E-state index contributed by atoms with van der Waals surface area (Å²) in [5, 5.41) is 0. The molecule has 1 aliphatic heterocycles. The number of carbonyl (C=O) groups excluding carboxylic acids is 1. The van der Waals surface area contributed by atoms with Gasteiger partial charge >= 0.3 is 6.18 Å². The van der Waals surface area contributed by atoms with E-state index >= 15 is 0 Å². The zero-order chi connectivity index (χ0) is 15.5. The molecule has 0 aliphatic carbocycles. The van der Waals surface area contributed by atoms with Gasteiger partial charge in [-0.25, -0.2) is 4.39 Å². The van der Waals surface area contributed by atoms with Gasteiger partial charge in [0, 0.05) is 13.0 Å². The molecule has 2 rings (SSSR count). The molecule has 0 atom stereocenters. The molecule has 0 amide bonds. The Balaban J connectivity index is 1.80. The first-order chi connectivity index (χ1) is 9.88. The SMILES string of the molecule is O=C(CCN1CCC(C(F)(F)F)CC1)c1ccccc1F. The van der Waals surface area contributed by atoms with Crippen LogP contribution in [-0.4, -0.2) is 36.5 Å². The molecule has 0 aromatic heterocycles. The number of alkyl halides is 3. The highest BCUT2D eigenvalue weighted by Crippen LogP contribution is 2.34. The summed E-state index contributed by atoms with van der Waals surface area (Å²) in [6.07, 6.45) is -3.87. The fraction of sp³-hybridized carbons (Fsp3) is 0.533. The molecule has 2 nitrogen and oxygen atoms in total. The van der Waals surface area contributed by atoms with E-state index in [1.165, 1.54) is 18.2 Å². The second-order valence-corrected chi connectivity index (χ2v) is 5.31. The quantitative estimate of drug-likeness (QED) is 0.625. The van der Waals surface area contributed by atoms with Crippen molar-refractivity contribution in [2.45, 2.75) is 25.4 Å². The minimum absolute atomic E-state index is 0.0441. The van der Waals surface area contributed by atoms with Gasteiger partial charge in [-0.1, -0.05) is 12.1 Å². The minimum Gasteiger partial charge on any atom is -0.303 e. The molecule has 1 aromatic rings. The van der Waals surface area contributed by atoms with Gasteiger partial charge in [0.15, 0.2) is 5.78 Å². The van der Waals surface area contributed by atoms with E-state index in [-0.39, 0.29) is 30.6 Å². The largest absolute Gasteiger partial charge is 0.391 e. The van der Waals surface area contributed by atoms with E-state index in [4.69, 9.17) is 0 Å². The van der Waals surface area contributed by atoms with Crippen LogP contribution in [0.5, 0.6) is 0 Å². The molecule has 1 saturated heterocycles. The van der Waals surface area contributed by atoms with Crippen LogP contribution in [0.4, 0.5) is 17.6 Å². The third-order valence-electron chi connectivity index (χ3n) is 3.88. The molecule has 0 unspecified atom stereocenters. The maximum absolute atomic E-state index is 13.4. The summed E-state index contributed by atoms with van der Waals surface area (Å²) < 4.78 is 51.0. The third-order valence-corrected chi connectivity index (χ3v) is 3.88. The van der Waals surface area contributed by atoms with Gasteiger partial charge in [0.1, 0.15) is 5.82 Å². The van der Waals surface area contributed by atoms with E-state index in [0.29, 0.717) is 19.6 Å². The lowest BCUT2D eigenvalue weighted by Gasteiger charge is -2.32. The third kappa shape index (κ3) is 4.27. The summed E-state index contributed by atoms with van der Waals surface area (Å²) in [6, 6.07) is 5.74. The van der Waals surface area contributed by atoms with Crippen LogP contribution in [0.3, 0.4) is 0 Å². The molecule has 0 N–H and O–H groups in total. The van der Waals surface area contributed by atoms with Gasteiger partial charge in [0.05, 0.1) is 11.5 Å². The number of piperidine rings is 1. The van der Waals surface area contributed by atoms with Gasteiger partial charge in [-0.05, 0) is 38.1 Å². The van der Waals surface area contributed by atoms with E-state index in [2.05, 4.69) is 0 Å². The van der Waals surface area contributed by atoms with Crippen LogP contribution in [0, 0.1) is 11.7 Å². The van der Waals surface area contributed by atoms with Crippen molar-refractivity contribution in [3.63, 3.8) is 0 Å². The van der Waals surface area contributed by atoms with Crippen molar-refractivity contribution < 1.29 is 22.4 Å². The van der Waals surface area contributed by atoms with Gasteiger partial charge in [-0.3, -0.25) is 4.79 Å². The first-order valence-corrected chi connectivity index (χ1v) is 6.94. The lowest BCUT2D eigenvalue weighted by molar-refractivity contribution is -0.185. The summed E-state index contributed by atoms with van der Waals surface area (Å²) in [6.45, 7) is 1.03. The topological polar surface area (TPSA) is 20.3 Å². The Hall–Kier alpha value is -1.43. The zero-order valence-corrected chi connectivity index (χ0v) is 11.5. The molecule has 21 heavy (non-hydrogen) atoms. The molecule has 6 heteroatoms. The standard InChI is InChI=1S/C15H17F4NO/c16-13-4-2-1-3-12(13)14(21)7-10-20-8-5-11(6-9-20)15(17,18)19/h1-4,11H,5-10H2. The van der Waals surface area contributed by atoms with Gasteiger partial charge < -0.3 is 4.90 Å². The molecular weight excluding hydrogens is 286 g/mol. The number of hydrogen-bond donors (Lipinski definition) is 0. The highest BCUT2D eigenvalue weighted by Gasteiger charge is 2.40. The van der Waals surface area contributed by atoms with Crippen molar-refractivity contribution in [2.75, 3.05) is 19.6 Å². The maximum Gasteiger partial charge on any atom is 0.391 e. The van der Waals surface area contributed by atoms with Crippen LogP contribution in [0.25, 0.3) is 0 Å². The number of benzene rings is 1. The number of carbonyl (C=O) groups is 1. The van der Waals surface area contributed by atoms with Crippen molar-refractivity contribution in [3.05, 3.63) is 35.6 Å². The van der Waals surface area contributed by atoms with Crippen LogP contribution >= 0.6 is 0 Å². The Kier molecular flexibility index (Phi) is 4.98. The van der Waals surface area contributed by atoms with Crippen LogP contribution in [0.1, 0.15) is 29.6 Å². The van der Waals surface area contributed by atoms with Gasteiger partial charge in [-0.15, -0.1) is 0 Å². The second-order valence-electron chi connectivity index (χ2n) is 5.31. The first-order valence-electron chi connectivity index (χ1n) is 6.94. The first kappa shape index (κ1) is 15.9. The molecule has 1 heterocycles. The number of nitrogens with zero attached hydrogens (tertiary/aromatic N) is 1. The van der Waals surface area contributed by atoms with Crippen molar-refractivity contribution in [1.29, 1.82) is 0 Å². The van der Waals surface area contributed by atoms with Gasteiger partial charge in [-0.2, -0.15) is 13.2 Å². The summed E-state index contributed by atoms with van der Waals surface area (Å²) in [4.78, 5) is 13.7. The van der Waals surface area contributed by atoms with E-state index in [0.717, 1.165) is 0 Å². The molecule has 1 aliphatic rings. The molecule has 1 aromatic carbocycles. The summed E-state index contributed by atoms with van der Waals surface area (Å²) in [5.41, 5.74) is 0.0441. The van der Waals surface area contributed by atoms with Gasteiger partial charge in [0.2, 0.25) is 0 Å². The van der Waals surface area contributed by atoms with Crippen LogP contribution < -0.4 is 0 Å². The predicted octanol–water partition coefficient (Wildman–Crippen LogP) is 3.67. The average molecular weight is 303 g/mol. The van der Waals surface area contributed by atoms with E-state index < -0.39 is 17.9 Å². The van der Waals surface area contributed by atoms with Gasteiger partial charge in [0.25, 0.3) is 0 Å². The number of halogens is 4. The summed E-state index contributed by atoms with van der Waals surface area (Å²) in [7, 11) is 0. The van der Waals surface area contributed by atoms with Crippen LogP contribution in [-0.2, 0) is 0 Å². The lowest BCUT2D eigenvalue weighted by Crippen LogP contribution is -2.39. The number of likely N-dealkylation sites (tertiary alicyclic amines) is 1. The molecule has 116 valence electrons. The summed E-state index contributed by atoms with van der Waals surface area (Å²) in [5.74, 6) is -2.11. The number of rotatable bonds is 4. The Morgan fingerprint density at radius 3 is 2.38 bits per heavy atom. The molecule has 0 bridgehead atoms. The monoisotopic (exact) mass is 303 g/mol. The molecule has 1 fully saturated rings. The van der Waals surface area contributed by atoms with Crippen LogP contribution in [0.15, 0.2) is 24.3 Å². The van der Waals surface area contributed by atoms with Crippen molar-refractivity contribution in [3.8, 4) is 0 Å². The van der Waals surface area contributed by atoms with E-state index in [1.54, 1.807) is 6.07 Å². The lowest BCUT2D eigenvalue weighted by atomic mass is 9.96. The highest BCUT2D eigenvalue weighted by atomic mass is 19.4. The number of hydrogen-bond acceptors (Lipinski definition) is 2. The Morgan fingerprint density at radius 1 is 1.19 bits per heavy atom. The smallest absolute Gasteiger partial charge is 0.303 e. The number of ketones is 1. The van der Waals surface area contributed by atoms with E-state index in [1.807, 2.05) is 4.90 Å². The molecule has 0 saturated carbocycles. The van der Waals surface area contributed by atoms with Crippen molar-refractivity contribution >= 4 is 5.78 Å². The minimum atomic E-state index is -4.13. The Labute approximate surface area is 120 Å². The second kappa shape index (κ2) is 6.56. The van der Waals surface area contributed by atoms with Crippen LogP contribution in [0.2, 0.25) is 0 Å². The fourth-order valence-electron chi connectivity index (χ4n) is 2.57. The molecule has 0 spiro atoms. The normalized spacial score (nSPS) is 17.9. The maximum atomic E-state index is 13.4. The van der Waals surface area contributed by atoms with Crippen molar-refractivity contribution in [1.82, 2.24) is 4.90 Å². The highest BCUT2D eigenvalue weighted by molar-refractivity contribution is 5.96. The molecular formula is C15H17F4NO. The number of Topliss-reactive ketones (excluding diaryl/α,β-unsaturated/α-hetero) is 1. The van der Waals surface area contributed by atoms with Crippen molar-refractivity contribution in [2.24, 2.45) is 5.92 Å². The zero-order valence-electron chi connectivity index (χ0n) is 11.5. The average Bonchev–Trinajstić information content (AvgIpc) is 2.45. The summed E-state index contributed by atoms with van der Waals surface area (Å²) >= 11 is 0. The fourth-order valence-corrected chi connectivity index (χ4v) is 2.57. The molecule has 0 radical (unpaired) electrons. The Bertz CT molecular complexity index is 493. The predicted molar refractivity (Wildman–Crippen MR) is 70.6 cm³/mol.